The Morgan fingerprint density at radius 1 is 0.333 bits per heavy atom. The molecule has 57 heavy (non-hydrogen) atoms. The van der Waals surface area contributed by atoms with Gasteiger partial charge in [0.1, 0.15) is 13.2 Å². The van der Waals surface area contributed by atoms with Crippen LogP contribution in [0.1, 0.15) is 285 Å². The van der Waals surface area contributed by atoms with Crippen molar-refractivity contribution in [1.29, 1.82) is 0 Å². The van der Waals surface area contributed by atoms with Crippen LogP contribution in [-0.2, 0) is 28.6 Å². The molecule has 0 saturated carbocycles. The summed E-state index contributed by atoms with van der Waals surface area (Å²) in [6, 6.07) is 0. The topological polar surface area (TPSA) is 78.9 Å². The molecular formula is C51H98O6. The van der Waals surface area contributed by atoms with Gasteiger partial charge in [-0.2, -0.15) is 0 Å². The molecule has 0 fully saturated rings. The Labute approximate surface area is 355 Å². The first kappa shape index (κ1) is 55.4. The number of unbranched alkanes of at least 4 members (excludes halogenated alkanes) is 33. The Morgan fingerprint density at radius 3 is 0.860 bits per heavy atom. The molecule has 0 saturated heterocycles. The summed E-state index contributed by atoms with van der Waals surface area (Å²) >= 11 is 0. The molecule has 0 aliphatic rings. The van der Waals surface area contributed by atoms with Gasteiger partial charge < -0.3 is 14.2 Å². The van der Waals surface area contributed by atoms with E-state index in [9.17, 15) is 14.4 Å². The van der Waals surface area contributed by atoms with Crippen LogP contribution in [0.2, 0.25) is 0 Å². The maximum atomic E-state index is 12.7. The van der Waals surface area contributed by atoms with E-state index in [0.717, 1.165) is 63.7 Å². The van der Waals surface area contributed by atoms with Crippen LogP contribution in [0, 0.1) is 5.92 Å². The molecule has 0 unspecified atom stereocenters. The van der Waals surface area contributed by atoms with Crippen molar-refractivity contribution in [2.45, 2.75) is 291 Å². The summed E-state index contributed by atoms with van der Waals surface area (Å²) in [5.74, 6) is -0.0703. The average Bonchev–Trinajstić information content (AvgIpc) is 3.19. The van der Waals surface area contributed by atoms with E-state index in [1.165, 1.54) is 180 Å². The van der Waals surface area contributed by atoms with Gasteiger partial charge in [-0.15, -0.1) is 0 Å². The van der Waals surface area contributed by atoms with Crippen LogP contribution in [0.5, 0.6) is 0 Å². The second-order valence-corrected chi connectivity index (χ2v) is 17.9. The molecule has 0 bridgehead atoms. The molecule has 6 heteroatoms. The third kappa shape index (κ3) is 45.3. The molecule has 338 valence electrons. The fraction of sp³-hybridized carbons (Fsp3) is 0.941. The summed E-state index contributed by atoms with van der Waals surface area (Å²) in [5.41, 5.74) is 0. The summed E-state index contributed by atoms with van der Waals surface area (Å²) in [6.07, 6.45) is 46.7. The number of rotatable bonds is 46. The lowest BCUT2D eigenvalue weighted by Crippen LogP contribution is -2.30. The van der Waals surface area contributed by atoms with E-state index >= 15 is 0 Å². The van der Waals surface area contributed by atoms with Crippen molar-refractivity contribution in [1.82, 2.24) is 0 Å². The summed E-state index contributed by atoms with van der Waals surface area (Å²) in [6.45, 7) is 8.96. The van der Waals surface area contributed by atoms with Gasteiger partial charge in [0.15, 0.2) is 6.10 Å². The van der Waals surface area contributed by atoms with Crippen LogP contribution in [0.25, 0.3) is 0 Å². The minimum Gasteiger partial charge on any atom is -0.462 e. The molecular weight excluding hydrogens is 709 g/mol. The predicted molar refractivity (Wildman–Crippen MR) is 243 cm³/mol. The maximum Gasteiger partial charge on any atom is 0.306 e. The van der Waals surface area contributed by atoms with Gasteiger partial charge in [-0.3, -0.25) is 14.4 Å². The quantitative estimate of drug-likeness (QED) is 0.0346. The Bertz CT molecular complexity index is 857. The van der Waals surface area contributed by atoms with Crippen LogP contribution in [-0.4, -0.2) is 37.2 Å². The Kier molecular flexibility index (Phi) is 44.2. The van der Waals surface area contributed by atoms with E-state index in [4.69, 9.17) is 14.2 Å². The van der Waals surface area contributed by atoms with Crippen LogP contribution >= 0.6 is 0 Å². The first-order valence-corrected chi connectivity index (χ1v) is 25.4. The first-order chi connectivity index (χ1) is 27.9. The van der Waals surface area contributed by atoms with E-state index in [0.29, 0.717) is 19.3 Å². The standard InChI is InChI=1S/C51H98O6/c1-5-7-9-11-13-15-17-18-19-20-21-22-23-24-25-27-30-34-38-42-49(52)55-45-48(57-51(54)44-40-36-31-26-16-14-12-10-8-6-2)46-56-50(53)43-39-35-32-28-29-33-37-41-47(3)4/h47-48H,5-46H2,1-4H3/t48-/m0/s1. The highest BCUT2D eigenvalue weighted by molar-refractivity contribution is 5.71. The fourth-order valence-electron chi connectivity index (χ4n) is 7.69. The molecule has 0 N–H and O–H groups in total. The van der Waals surface area contributed by atoms with E-state index in [1.54, 1.807) is 0 Å². The van der Waals surface area contributed by atoms with E-state index in [2.05, 4.69) is 27.7 Å². The van der Waals surface area contributed by atoms with Crippen molar-refractivity contribution in [3.63, 3.8) is 0 Å². The first-order valence-electron chi connectivity index (χ1n) is 25.4. The zero-order valence-electron chi connectivity index (χ0n) is 38.8. The zero-order chi connectivity index (χ0) is 41.7. The molecule has 0 amide bonds. The van der Waals surface area contributed by atoms with Gasteiger partial charge in [0.25, 0.3) is 0 Å². The van der Waals surface area contributed by atoms with Crippen molar-refractivity contribution in [2.24, 2.45) is 5.92 Å². The minimum atomic E-state index is -0.760. The Morgan fingerprint density at radius 2 is 0.579 bits per heavy atom. The van der Waals surface area contributed by atoms with Gasteiger partial charge >= 0.3 is 17.9 Å². The molecule has 0 aliphatic carbocycles. The molecule has 0 aromatic rings. The highest BCUT2D eigenvalue weighted by atomic mass is 16.6. The SMILES string of the molecule is CCCCCCCCCCCCCCCCCCCCCC(=O)OC[C@@H](COC(=O)CCCCCCCCCC(C)C)OC(=O)CCCCCCCCCCCC. The van der Waals surface area contributed by atoms with E-state index in [-0.39, 0.29) is 31.1 Å². The molecule has 0 aromatic carbocycles. The largest absolute Gasteiger partial charge is 0.462 e. The second kappa shape index (κ2) is 45.5. The molecule has 0 aliphatic heterocycles. The summed E-state index contributed by atoms with van der Waals surface area (Å²) in [5, 5.41) is 0. The third-order valence-corrected chi connectivity index (χ3v) is 11.5. The van der Waals surface area contributed by atoms with E-state index in [1.807, 2.05) is 0 Å². The number of esters is 3. The highest BCUT2D eigenvalue weighted by Gasteiger charge is 2.19. The van der Waals surface area contributed by atoms with Gasteiger partial charge in [0, 0.05) is 19.3 Å². The third-order valence-electron chi connectivity index (χ3n) is 11.5. The highest BCUT2D eigenvalue weighted by Crippen LogP contribution is 2.17. The lowest BCUT2D eigenvalue weighted by molar-refractivity contribution is -0.167. The number of hydrogen-bond donors (Lipinski definition) is 0. The molecule has 6 nitrogen and oxygen atoms in total. The molecule has 0 rings (SSSR count). The Hall–Kier alpha value is -1.59. The molecule has 0 aromatic heterocycles. The maximum absolute atomic E-state index is 12.7. The zero-order valence-corrected chi connectivity index (χ0v) is 38.8. The fourth-order valence-corrected chi connectivity index (χ4v) is 7.69. The number of carbonyl (C=O) groups is 3. The molecule has 0 heterocycles. The monoisotopic (exact) mass is 807 g/mol. The summed E-state index contributed by atoms with van der Waals surface area (Å²) in [4.78, 5) is 37.8. The second-order valence-electron chi connectivity index (χ2n) is 17.9. The average molecular weight is 807 g/mol. The molecule has 0 spiro atoms. The van der Waals surface area contributed by atoms with Gasteiger partial charge in [-0.1, -0.05) is 246 Å². The van der Waals surface area contributed by atoms with Crippen molar-refractivity contribution < 1.29 is 28.6 Å². The number of ether oxygens (including phenoxy) is 3. The molecule has 0 radical (unpaired) electrons. The lowest BCUT2D eigenvalue weighted by atomic mass is 10.0. The smallest absolute Gasteiger partial charge is 0.306 e. The van der Waals surface area contributed by atoms with Crippen LogP contribution in [0.15, 0.2) is 0 Å². The Balaban J connectivity index is 4.20. The normalized spacial score (nSPS) is 11.9. The van der Waals surface area contributed by atoms with Crippen LogP contribution < -0.4 is 0 Å². The van der Waals surface area contributed by atoms with Gasteiger partial charge in [-0.05, 0) is 25.2 Å². The van der Waals surface area contributed by atoms with Crippen molar-refractivity contribution in [3.8, 4) is 0 Å². The van der Waals surface area contributed by atoms with Crippen molar-refractivity contribution >= 4 is 17.9 Å². The van der Waals surface area contributed by atoms with E-state index < -0.39 is 6.10 Å². The number of hydrogen-bond acceptors (Lipinski definition) is 6. The minimum absolute atomic E-state index is 0.0637. The van der Waals surface area contributed by atoms with Gasteiger partial charge in [0.05, 0.1) is 0 Å². The summed E-state index contributed by atoms with van der Waals surface area (Å²) in [7, 11) is 0. The van der Waals surface area contributed by atoms with Crippen molar-refractivity contribution in [3.05, 3.63) is 0 Å². The number of carbonyl (C=O) groups excluding carboxylic acids is 3. The van der Waals surface area contributed by atoms with Crippen molar-refractivity contribution in [2.75, 3.05) is 13.2 Å². The van der Waals surface area contributed by atoms with Gasteiger partial charge in [-0.25, -0.2) is 0 Å². The van der Waals surface area contributed by atoms with Crippen LogP contribution in [0.4, 0.5) is 0 Å². The lowest BCUT2D eigenvalue weighted by Gasteiger charge is -2.18. The predicted octanol–water partition coefficient (Wildman–Crippen LogP) is 16.3. The molecule has 1 atom stereocenters. The van der Waals surface area contributed by atoms with Crippen LogP contribution in [0.3, 0.4) is 0 Å². The van der Waals surface area contributed by atoms with Gasteiger partial charge in [0.2, 0.25) is 0 Å². The summed E-state index contributed by atoms with van der Waals surface area (Å²) < 4.78 is 16.7.